The third-order valence-electron chi connectivity index (χ3n) is 8.82. The van der Waals surface area contributed by atoms with Gasteiger partial charge in [-0.25, -0.2) is 0 Å². The van der Waals surface area contributed by atoms with Crippen LogP contribution in [-0.2, 0) is 33.2 Å². The van der Waals surface area contributed by atoms with Crippen LogP contribution in [0.3, 0.4) is 0 Å². The maximum atomic E-state index is 2.74. The molecule has 0 radical (unpaired) electrons. The van der Waals surface area contributed by atoms with Gasteiger partial charge >= 0.3 is 243 Å². The molecule has 0 saturated heterocycles. The molecule has 0 N–H and O–H groups in total. The van der Waals surface area contributed by atoms with Gasteiger partial charge in [0.25, 0.3) is 0 Å². The molecular weight excluding hydrogens is 623 g/mol. The minimum Gasteiger partial charge on any atom is -1.00 e. The molecule has 0 aliphatic heterocycles. The fourth-order valence-electron chi connectivity index (χ4n) is 6.74. The zero-order valence-electron chi connectivity index (χ0n) is 25.0. The number of hydrogen-bond acceptors (Lipinski definition) is 0. The second-order valence-electron chi connectivity index (χ2n) is 14.0. The molecule has 4 aromatic carbocycles. The zero-order valence-corrected chi connectivity index (χ0v) is 30.0. The topological polar surface area (TPSA) is 0 Å². The van der Waals surface area contributed by atoms with Crippen molar-refractivity contribution in [1.82, 2.24) is 0 Å². The minimum absolute atomic E-state index is 0. The van der Waals surface area contributed by atoms with Gasteiger partial charge in [-0.05, 0) is 0 Å². The predicted octanol–water partition coefficient (Wildman–Crippen LogP) is 4.00. The normalized spacial score (nSPS) is 14.3. The summed E-state index contributed by atoms with van der Waals surface area (Å²) >= 11 is -0.849. The van der Waals surface area contributed by atoms with Crippen molar-refractivity contribution < 1.29 is 47.2 Å². The van der Waals surface area contributed by atoms with Gasteiger partial charge in [0.1, 0.15) is 0 Å². The van der Waals surface area contributed by atoms with Gasteiger partial charge in [-0.3, -0.25) is 0 Å². The van der Waals surface area contributed by atoms with Crippen LogP contribution < -0.4 is 24.8 Å². The number of benzene rings is 4. The van der Waals surface area contributed by atoms with Crippen molar-refractivity contribution in [3.05, 3.63) is 118 Å². The van der Waals surface area contributed by atoms with E-state index in [0.717, 1.165) is 0 Å². The molecule has 0 fully saturated rings. The first-order valence-electron chi connectivity index (χ1n) is 14.1. The van der Waals surface area contributed by atoms with Crippen molar-refractivity contribution in [1.29, 1.82) is 0 Å². The summed E-state index contributed by atoms with van der Waals surface area (Å²) in [6, 6.07) is 33.4. The summed E-state index contributed by atoms with van der Waals surface area (Å²) in [6.45, 7) is 19.6. The maximum Gasteiger partial charge on any atom is -1.00 e. The SMILES string of the molecule is CC(C)(C)c1ccc2c(c1)C([Si](C)(C)[Zr+2][CH]1c3ccccc3-c3ccccc31)c1cc(C(C)(C)C)ccc1-2.[Cl-].[Cl-]. The molecule has 2 aliphatic rings. The van der Waals surface area contributed by atoms with Crippen molar-refractivity contribution in [3.63, 3.8) is 0 Å². The first-order chi connectivity index (χ1) is 17.9. The predicted molar refractivity (Wildman–Crippen MR) is 162 cm³/mol. The zero-order chi connectivity index (χ0) is 27.0. The van der Waals surface area contributed by atoms with E-state index in [4.69, 9.17) is 0 Å². The summed E-state index contributed by atoms with van der Waals surface area (Å²) in [4.78, 5) is 0. The Kier molecular flexibility index (Phi) is 8.66. The van der Waals surface area contributed by atoms with Gasteiger partial charge in [-0.1, -0.05) is 0 Å². The van der Waals surface area contributed by atoms with Crippen molar-refractivity contribution in [2.24, 2.45) is 0 Å². The molecule has 6 rings (SSSR count). The molecule has 0 heterocycles. The summed E-state index contributed by atoms with van der Waals surface area (Å²) in [5.74, 6) is 0. The van der Waals surface area contributed by atoms with Crippen molar-refractivity contribution >= 4 is 5.20 Å². The maximum absolute atomic E-state index is 2.74. The van der Waals surface area contributed by atoms with Gasteiger partial charge in [0, 0.05) is 0 Å². The molecule has 40 heavy (non-hydrogen) atoms. The van der Waals surface area contributed by atoms with Gasteiger partial charge in [-0.2, -0.15) is 0 Å². The van der Waals surface area contributed by atoms with Crippen LogP contribution in [0.1, 0.15) is 84.1 Å². The molecule has 0 spiro atoms. The molecule has 0 bridgehead atoms. The largest absolute Gasteiger partial charge is 1.00 e. The average molecular weight is 663 g/mol. The number of hydrogen-bond donors (Lipinski definition) is 0. The quantitative estimate of drug-likeness (QED) is 0.291. The van der Waals surface area contributed by atoms with Gasteiger partial charge in [-0.15, -0.1) is 0 Å². The first-order valence-corrected chi connectivity index (χ1v) is 22.3. The smallest absolute Gasteiger partial charge is 1.00 e. The Balaban J connectivity index is 0.00000185. The van der Waals surface area contributed by atoms with Crippen LogP contribution in [0.5, 0.6) is 0 Å². The van der Waals surface area contributed by atoms with E-state index in [9.17, 15) is 0 Å². The summed E-state index contributed by atoms with van der Waals surface area (Å²) in [7, 11) is 0. The third kappa shape index (κ3) is 5.28. The van der Waals surface area contributed by atoms with Crippen LogP contribution in [0.15, 0.2) is 84.9 Å². The minimum atomic E-state index is -1.67. The van der Waals surface area contributed by atoms with Gasteiger partial charge in [0.2, 0.25) is 0 Å². The molecule has 2 aliphatic carbocycles. The van der Waals surface area contributed by atoms with E-state index in [-0.39, 0.29) is 35.6 Å². The van der Waals surface area contributed by atoms with E-state index in [1.807, 2.05) is 0 Å². The molecule has 0 amide bonds. The Hall–Kier alpha value is -1.44. The average Bonchev–Trinajstić information content (AvgIpc) is 3.35. The van der Waals surface area contributed by atoms with Gasteiger partial charge in [0.15, 0.2) is 0 Å². The van der Waals surface area contributed by atoms with E-state index in [1.54, 1.807) is 22.3 Å². The molecule has 0 aromatic heterocycles. The summed E-state index contributed by atoms with van der Waals surface area (Å²) in [5.41, 5.74) is 16.2. The van der Waals surface area contributed by atoms with Gasteiger partial charge in [0.05, 0.1) is 0 Å². The molecule has 4 aromatic rings. The summed E-state index contributed by atoms with van der Waals surface area (Å²) in [5, 5.41) is -1.67. The Morgan fingerprint density at radius 3 is 1.30 bits per heavy atom. The number of fused-ring (bicyclic) bond motifs is 6. The van der Waals surface area contributed by atoms with Crippen LogP contribution >= 0.6 is 0 Å². The first kappa shape index (κ1) is 31.5. The van der Waals surface area contributed by atoms with Crippen LogP contribution in [0.25, 0.3) is 22.3 Å². The number of halogens is 2. The molecular formula is C36H40Cl2SiZr. The summed E-state index contributed by atoms with van der Waals surface area (Å²) < 4.78 is 0.650. The Labute approximate surface area is 265 Å². The van der Waals surface area contributed by atoms with Gasteiger partial charge < -0.3 is 24.8 Å². The van der Waals surface area contributed by atoms with Crippen LogP contribution in [0.4, 0.5) is 0 Å². The van der Waals surface area contributed by atoms with Crippen LogP contribution in [0.2, 0.25) is 13.1 Å². The Morgan fingerprint density at radius 1 is 0.525 bits per heavy atom. The monoisotopic (exact) mass is 660 g/mol. The van der Waals surface area contributed by atoms with Crippen molar-refractivity contribution in [3.8, 4) is 22.3 Å². The van der Waals surface area contributed by atoms with E-state index in [1.165, 1.54) is 33.4 Å². The fraction of sp³-hybridized carbons (Fsp3) is 0.333. The molecule has 0 nitrogen and oxygen atoms in total. The van der Waals surface area contributed by atoms with Crippen LogP contribution in [0, 0.1) is 0 Å². The molecule has 206 valence electrons. The van der Waals surface area contributed by atoms with E-state index >= 15 is 0 Å². The van der Waals surface area contributed by atoms with Crippen molar-refractivity contribution in [2.45, 2.75) is 74.6 Å². The van der Waals surface area contributed by atoms with Crippen molar-refractivity contribution in [2.75, 3.05) is 0 Å². The molecule has 0 unspecified atom stereocenters. The fourth-order valence-corrected chi connectivity index (χ4v) is 22.5. The van der Waals surface area contributed by atoms with E-state index in [0.29, 0.717) is 9.17 Å². The Bertz CT molecular complexity index is 1450. The molecule has 4 heteroatoms. The second-order valence-corrected chi connectivity index (χ2v) is 31.4. The number of rotatable bonds is 3. The standard InChI is InChI=1S/C23H31Si.C13H9.2ClH.Zr/c1-22(2,3)15-9-11-17-18-12-10-16(23(4,5)6)14-20(18)21(24(7)8)19(17)13-15;1-3-7-12-10(5-1)9-11-6-2-4-8-13(11)12;;;/h9-14,21H,1-8H3;1-9H;2*1H;/q;;;;+2/p-2. The molecule has 0 saturated carbocycles. The third-order valence-corrected chi connectivity index (χ3v) is 23.2. The van der Waals surface area contributed by atoms with Crippen LogP contribution in [-0.4, -0.2) is 5.20 Å². The summed E-state index contributed by atoms with van der Waals surface area (Å²) in [6.07, 6.45) is 0. The molecule has 0 atom stereocenters. The van der Waals surface area contributed by atoms with E-state index < -0.39 is 27.6 Å². The Morgan fingerprint density at radius 2 is 0.900 bits per heavy atom. The van der Waals surface area contributed by atoms with E-state index in [2.05, 4.69) is 140 Å². The second kappa shape index (κ2) is 11.0.